The van der Waals surface area contributed by atoms with Gasteiger partial charge in [0.15, 0.2) is 0 Å². The first-order valence-electron chi connectivity index (χ1n) is 7.36. The molecule has 0 heterocycles. The van der Waals surface area contributed by atoms with Crippen LogP contribution in [0, 0.1) is 5.41 Å². The predicted octanol–water partition coefficient (Wildman–Crippen LogP) is 2.45. The number of hydrogen-bond donors (Lipinski definition) is 0. The number of carboxylic acid groups (broad SMARTS) is 1. The van der Waals surface area contributed by atoms with Crippen molar-refractivity contribution in [3.63, 3.8) is 0 Å². The fourth-order valence-electron chi connectivity index (χ4n) is 1.85. The van der Waals surface area contributed by atoms with Gasteiger partial charge in [0.1, 0.15) is 0 Å². The van der Waals surface area contributed by atoms with Crippen molar-refractivity contribution < 1.29 is 14.4 Å². The van der Waals surface area contributed by atoms with Crippen LogP contribution in [-0.4, -0.2) is 37.1 Å². The minimum absolute atomic E-state index is 0.569. The van der Waals surface area contributed by atoms with Gasteiger partial charge >= 0.3 is 0 Å². The van der Waals surface area contributed by atoms with Gasteiger partial charge in [0.25, 0.3) is 0 Å². The molecule has 0 radical (unpaired) electrons. The fourth-order valence-corrected chi connectivity index (χ4v) is 1.85. The molecule has 0 aliphatic heterocycles. The van der Waals surface area contributed by atoms with Crippen molar-refractivity contribution in [2.45, 2.75) is 60.8 Å². The minimum Gasteiger partial charge on any atom is -0.550 e. The van der Waals surface area contributed by atoms with Crippen molar-refractivity contribution in [2.75, 3.05) is 26.7 Å². The van der Waals surface area contributed by atoms with E-state index in [1.54, 1.807) is 0 Å². The summed E-state index contributed by atoms with van der Waals surface area (Å²) in [6.07, 6.45) is 2.01. The maximum absolute atomic E-state index is 10.6. The van der Waals surface area contributed by atoms with Crippen LogP contribution in [0.1, 0.15) is 60.8 Å². The van der Waals surface area contributed by atoms with E-state index in [2.05, 4.69) is 27.8 Å². The Morgan fingerprint density at radius 1 is 0.889 bits per heavy atom. The molecule has 0 spiro atoms. The summed E-state index contributed by atoms with van der Waals surface area (Å²) in [5, 5.41) is 10.6. The zero-order valence-electron chi connectivity index (χ0n) is 13.5. The lowest BCUT2D eigenvalue weighted by molar-refractivity contribution is -0.904. The smallest absolute Gasteiger partial charge is 0.0755 e. The van der Waals surface area contributed by atoms with E-state index in [4.69, 9.17) is 0 Å². The first kappa shape index (κ1) is 19.8. The maximum atomic E-state index is 10.6. The number of rotatable bonds is 7. The molecule has 0 N–H and O–H groups in total. The number of carbonyl (C=O) groups excluding carboxylic acids is 1. The molecule has 0 atom stereocenters. The average Bonchev–Trinajstić information content (AvgIpc) is 2.41. The number of carbonyl (C=O) groups is 1. The van der Waals surface area contributed by atoms with Crippen LogP contribution >= 0.6 is 0 Å². The van der Waals surface area contributed by atoms with Gasteiger partial charge in [-0.2, -0.15) is 0 Å². The van der Waals surface area contributed by atoms with E-state index in [1.165, 1.54) is 24.1 Å². The quantitative estimate of drug-likeness (QED) is 0.659. The summed E-state index contributed by atoms with van der Waals surface area (Å²) >= 11 is 0. The summed E-state index contributed by atoms with van der Waals surface area (Å²) in [6.45, 7) is 16.2. The second-order valence-corrected chi connectivity index (χ2v) is 5.20. The van der Waals surface area contributed by atoms with E-state index in [1.807, 2.05) is 20.8 Å². The summed E-state index contributed by atoms with van der Waals surface area (Å²) in [6, 6.07) is 0. The van der Waals surface area contributed by atoms with E-state index in [9.17, 15) is 9.90 Å². The molecule has 0 aliphatic rings. The van der Waals surface area contributed by atoms with Crippen LogP contribution in [0.5, 0.6) is 0 Å². The van der Waals surface area contributed by atoms with Crippen molar-refractivity contribution in [1.82, 2.24) is 0 Å². The Morgan fingerprint density at radius 2 is 1.17 bits per heavy atom. The molecule has 0 amide bonds. The van der Waals surface area contributed by atoms with E-state index in [0.717, 1.165) is 0 Å². The Kier molecular flexibility index (Phi) is 10.3. The molecule has 0 saturated carbocycles. The Morgan fingerprint density at radius 3 is 1.17 bits per heavy atom. The standard InChI is InChI=1S/C8H16O2.C7H18N/c1-4-8(5-2,6-3)7(9)10;1-5-8(4,6-2)7-3/h4-6H2,1-3H3,(H,9,10);5-7H2,1-4H3/q;+1/p-1. The normalized spacial score (nSPS) is 11.7. The average molecular weight is 259 g/mol. The van der Waals surface area contributed by atoms with Gasteiger partial charge < -0.3 is 14.4 Å². The second kappa shape index (κ2) is 9.37. The molecule has 110 valence electrons. The van der Waals surface area contributed by atoms with Crippen molar-refractivity contribution in [1.29, 1.82) is 0 Å². The summed E-state index contributed by atoms with van der Waals surface area (Å²) in [5.41, 5.74) is -0.569. The summed E-state index contributed by atoms with van der Waals surface area (Å²) in [7, 11) is 2.29. The van der Waals surface area contributed by atoms with Gasteiger partial charge in [-0.1, -0.05) is 20.8 Å². The van der Waals surface area contributed by atoms with Gasteiger partial charge in [0.05, 0.1) is 26.7 Å². The van der Waals surface area contributed by atoms with Gasteiger partial charge in [0, 0.05) is 11.4 Å². The summed E-state index contributed by atoms with van der Waals surface area (Å²) in [4.78, 5) is 10.6. The highest BCUT2D eigenvalue weighted by molar-refractivity contribution is 5.72. The van der Waals surface area contributed by atoms with E-state index < -0.39 is 11.4 Å². The number of carboxylic acids is 1. The molecule has 0 aromatic carbocycles. The van der Waals surface area contributed by atoms with Gasteiger partial charge in [-0.05, 0) is 40.0 Å². The molecular weight excluding hydrogens is 226 g/mol. The Balaban J connectivity index is 0. The number of quaternary nitrogens is 1. The van der Waals surface area contributed by atoms with E-state index in [-0.39, 0.29) is 0 Å². The molecule has 0 fully saturated rings. The molecule has 3 nitrogen and oxygen atoms in total. The molecule has 0 aliphatic carbocycles. The Hall–Kier alpha value is -0.570. The van der Waals surface area contributed by atoms with E-state index in [0.29, 0.717) is 19.3 Å². The first-order valence-corrected chi connectivity index (χ1v) is 7.36. The van der Waals surface area contributed by atoms with Crippen molar-refractivity contribution in [3.8, 4) is 0 Å². The molecule has 0 aromatic rings. The molecule has 0 aromatic heterocycles. The molecule has 0 saturated heterocycles. The van der Waals surface area contributed by atoms with Gasteiger partial charge in [0.2, 0.25) is 0 Å². The lowest BCUT2D eigenvalue weighted by Crippen LogP contribution is -2.42. The Labute approximate surface area is 114 Å². The molecule has 0 rings (SSSR count). The van der Waals surface area contributed by atoms with Crippen molar-refractivity contribution in [3.05, 3.63) is 0 Å². The topological polar surface area (TPSA) is 40.1 Å². The minimum atomic E-state index is -0.903. The van der Waals surface area contributed by atoms with Crippen LogP contribution in [-0.2, 0) is 4.79 Å². The van der Waals surface area contributed by atoms with Crippen LogP contribution < -0.4 is 5.11 Å². The van der Waals surface area contributed by atoms with Crippen molar-refractivity contribution in [2.24, 2.45) is 5.41 Å². The largest absolute Gasteiger partial charge is 0.550 e. The van der Waals surface area contributed by atoms with Gasteiger partial charge in [-0.25, -0.2) is 0 Å². The molecule has 0 bridgehead atoms. The van der Waals surface area contributed by atoms with Gasteiger partial charge in [-0.15, -0.1) is 0 Å². The fraction of sp³-hybridized carbons (Fsp3) is 0.933. The zero-order valence-corrected chi connectivity index (χ0v) is 13.5. The Bertz CT molecular complexity index is 202. The summed E-state index contributed by atoms with van der Waals surface area (Å²) < 4.78 is 1.21. The van der Waals surface area contributed by atoms with E-state index >= 15 is 0 Å². The van der Waals surface area contributed by atoms with Crippen LogP contribution in [0.4, 0.5) is 0 Å². The maximum Gasteiger partial charge on any atom is 0.0755 e. The van der Waals surface area contributed by atoms with Crippen LogP contribution in [0.25, 0.3) is 0 Å². The summed E-state index contributed by atoms with van der Waals surface area (Å²) in [5.74, 6) is -0.903. The SMILES string of the molecule is CCC(CC)(CC)C(=O)[O-].CC[N+](C)(CC)CC. The number of nitrogens with zero attached hydrogens (tertiary/aromatic N) is 1. The molecule has 3 heteroatoms. The number of hydrogen-bond acceptors (Lipinski definition) is 2. The third-order valence-electron chi connectivity index (χ3n) is 4.75. The molecular formula is C15H33NO2. The highest BCUT2D eigenvalue weighted by Gasteiger charge is 2.24. The highest BCUT2D eigenvalue weighted by atomic mass is 16.4. The second-order valence-electron chi connectivity index (χ2n) is 5.20. The highest BCUT2D eigenvalue weighted by Crippen LogP contribution is 2.28. The first-order chi connectivity index (χ1) is 8.31. The van der Waals surface area contributed by atoms with Crippen LogP contribution in [0.15, 0.2) is 0 Å². The predicted molar refractivity (Wildman–Crippen MR) is 76.1 cm³/mol. The lowest BCUT2D eigenvalue weighted by Gasteiger charge is -2.31. The monoisotopic (exact) mass is 259 g/mol. The molecule has 18 heavy (non-hydrogen) atoms. The van der Waals surface area contributed by atoms with Crippen molar-refractivity contribution >= 4 is 5.97 Å². The third kappa shape index (κ3) is 5.85. The van der Waals surface area contributed by atoms with Crippen LogP contribution in [0.2, 0.25) is 0 Å². The zero-order chi connectivity index (χ0) is 14.8. The van der Waals surface area contributed by atoms with Gasteiger partial charge in [-0.3, -0.25) is 0 Å². The molecule has 0 unspecified atom stereocenters. The number of aliphatic carboxylic acids is 1. The third-order valence-corrected chi connectivity index (χ3v) is 4.75. The lowest BCUT2D eigenvalue weighted by atomic mass is 9.80. The van der Waals surface area contributed by atoms with Crippen LogP contribution in [0.3, 0.4) is 0 Å².